The number of hydrogen-bond donors (Lipinski definition) is 0. The third-order valence-electron chi connectivity index (χ3n) is 2.49. The molecule has 0 radical (unpaired) electrons. The SMILES string of the molecule is CCC/C=C/CN(C=O)C(=O)OCc1ccccc1. The number of benzene rings is 1. The van der Waals surface area contributed by atoms with Gasteiger partial charge in [0.2, 0.25) is 6.41 Å². The number of nitrogens with zero attached hydrogens (tertiary/aromatic N) is 1. The molecule has 19 heavy (non-hydrogen) atoms. The Balaban J connectivity index is 2.39. The largest absolute Gasteiger partial charge is 0.444 e. The van der Waals surface area contributed by atoms with Crippen LogP contribution in [0.25, 0.3) is 0 Å². The van der Waals surface area contributed by atoms with Crippen molar-refractivity contribution in [2.45, 2.75) is 26.4 Å². The van der Waals surface area contributed by atoms with E-state index in [-0.39, 0.29) is 13.2 Å². The van der Waals surface area contributed by atoms with Gasteiger partial charge in [0.25, 0.3) is 0 Å². The molecule has 0 atom stereocenters. The van der Waals surface area contributed by atoms with E-state index in [2.05, 4.69) is 6.92 Å². The van der Waals surface area contributed by atoms with Crippen molar-refractivity contribution < 1.29 is 14.3 Å². The summed E-state index contributed by atoms with van der Waals surface area (Å²) in [4.78, 5) is 23.5. The van der Waals surface area contributed by atoms with Crippen LogP contribution in [-0.2, 0) is 16.1 Å². The van der Waals surface area contributed by atoms with Crippen molar-refractivity contribution in [1.82, 2.24) is 4.90 Å². The fourth-order valence-corrected chi connectivity index (χ4v) is 1.44. The van der Waals surface area contributed by atoms with Crippen LogP contribution in [0, 0.1) is 0 Å². The van der Waals surface area contributed by atoms with Gasteiger partial charge in [-0.25, -0.2) is 9.69 Å². The van der Waals surface area contributed by atoms with Crippen LogP contribution >= 0.6 is 0 Å². The second-order valence-electron chi connectivity index (χ2n) is 4.06. The quantitative estimate of drug-likeness (QED) is 0.559. The highest BCUT2D eigenvalue weighted by Crippen LogP contribution is 2.02. The predicted molar refractivity (Wildman–Crippen MR) is 73.4 cm³/mol. The molecule has 0 spiro atoms. The van der Waals surface area contributed by atoms with Crippen LogP contribution in [0.2, 0.25) is 0 Å². The van der Waals surface area contributed by atoms with Crippen molar-refractivity contribution in [2.75, 3.05) is 6.54 Å². The van der Waals surface area contributed by atoms with Crippen molar-refractivity contribution in [2.24, 2.45) is 0 Å². The number of imide groups is 1. The van der Waals surface area contributed by atoms with E-state index < -0.39 is 6.09 Å². The Morgan fingerprint density at radius 2 is 2.00 bits per heavy atom. The maximum absolute atomic E-state index is 11.6. The van der Waals surface area contributed by atoms with E-state index in [1.54, 1.807) is 6.08 Å². The second kappa shape index (κ2) is 8.91. The number of ether oxygens (including phenoxy) is 1. The van der Waals surface area contributed by atoms with Gasteiger partial charge in [-0.2, -0.15) is 0 Å². The summed E-state index contributed by atoms with van der Waals surface area (Å²) in [6.07, 6.45) is 5.58. The lowest BCUT2D eigenvalue weighted by atomic mass is 10.2. The Hall–Kier alpha value is -2.10. The van der Waals surface area contributed by atoms with E-state index >= 15 is 0 Å². The van der Waals surface area contributed by atoms with Crippen molar-refractivity contribution in [3.8, 4) is 0 Å². The summed E-state index contributed by atoms with van der Waals surface area (Å²) in [5.41, 5.74) is 0.892. The van der Waals surface area contributed by atoms with Gasteiger partial charge in [-0.05, 0) is 12.0 Å². The maximum Gasteiger partial charge on any atom is 0.416 e. The minimum atomic E-state index is -0.625. The Bertz CT molecular complexity index is 415. The summed E-state index contributed by atoms with van der Waals surface area (Å²) in [7, 11) is 0. The van der Waals surface area contributed by atoms with Gasteiger partial charge in [-0.1, -0.05) is 55.8 Å². The molecular weight excluding hydrogens is 242 g/mol. The molecule has 0 aliphatic rings. The molecule has 1 aromatic rings. The van der Waals surface area contributed by atoms with E-state index in [1.807, 2.05) is 36.4 Å². The molecule has 4 nitrogen and oxygen atoms in total. The van der Waals surface area contributed by atoms with Crippen molar-refractivity contribution in [3.63, 3.8) is 0 Å². The van der Waals surface area contributed by atoms with Crippen LogP contribution in [0.3, 0.4) is 0 Å². The zero-order valence-corrected chi connectivity index (χ0v) is 11.1. The monoisotopic (exact) mass is 261 g/mol. The van der Waals surface area contributed by atoms with E-state index in [0.717, 1.165) is 23.3 Å². The van der Waals surface area contributed by atoms with Crippen LogP contribution < -0.4 is 0 Å². The predicted octanol–water partition coefficient (Wildman–Crippen LogP) is 3.14. The van der Waals surface area contributed by atoms with E-state index in [0.29, 0.717) is 6.41 Å². The molecule has 0 saturated carbocycles. The highest BCUT2D eigenvalue weighted by Gasteiger charge is 2.12. The molecule has 1 rings (SSSR count). The number of rotatable bonds is 7. The maximum atomic E-state index is 11.6. The summed E-state index contributed by atoms with van der Waals surface area (Å²) in [6, 6.07) is 9.35. The van der Waals surface area contributed by atoms with Crippen molar-refractivity contribution >= 4 is 12.5 Å². The molecule has 0 N–H and O–H groups in total. The first-order valence-corrected chi connectivity index (χ1v) is 6.35. The smallest absolute Gasteiger partial charge is 0.416 e. The van der Waals surface area contributed by atoms with Gasteiger partial charge < -0.3 is 4.74 Å². The van der Waals surface area contributed by atoms with Crippen LogP contribution in [0.15, 0.2) is 42.5 Å². The molecule has 0 aliphatic carbocycles. The minimum absolute atomic E-state index is 0.169. The number of unbranched alkanes of at least 4 members (excludes halogenated alkanes) is 1. The number of amides is 2. The third-order valence-corrected chi connectivity index (χ3v) is 2.49. The van der Waals surface area contributed by atoms with E-state index in [4.69, 9.17) is 4.74 Å². The lowest BCUT2D eigenvalue weighted by Crippen LogP contribution is -2.30. The normalized spacial score (nSPS) is 10.4. The zero-order valence-electron chi connectivity index (χ0n) is 11.1. The standard InChI is InChI=1S/C15H19NO3/c1-2-3-4-8-11-16(13-17)15(18)19-12-14-9-6-5-7-10-14/h4-10,13H,2-3,11-12H2,1H3/b8-4+. The molecule has 102 valence electrons. The molecule has 4 heteroatoms. The van der Waals surface area contributed by atoms with Gasteiger partial charge in [0.1, 0.15) is 6.61 Å². The highest BCUT2D eigenvalue weighted by molar-refractivity contribution is 5.80. The van der Waals surface area contributed by atoms with Crippen LogP contribution in [-0.4, -0.2) is 23.9 Å². The van der Waals surface area contributed by atoms with Crippen molar-refractivity contribution in [3.05, 3.63) is 48.0 Å². The molecular formula is C15H19NO3. The van der Waals surface area contributed by atoms with Gasteiger partial charge in [-0.3, -0.25) is 4.79 Å². The zero-order chi connectivity index (χ0) is 13.9. The Labute approximate surface area is 113 Å². The fraction of sp³-hybridized carbons (Fsp3) is 0.333. The Kier molecular flexibility index (Phi) is 7.02. The molecule has 0 unspecified atom stereocenters. The highest BCUT2D eigenvalue weighted by atomic mass is 16.6. The summed E-state index contributed by atoms with van der Waals surface area (Å²) >= 11 is 0. The number of allylic oxidation sites excluding steroid dienone is 1. The van der Waals surface area contributed by atoms with E-state index in [1.165, 1.54) is 0 Å². The van der Waals surface area contributed by atoms with E-state index in [9.17, 15) is 9.59 Å². The van der Waals surface area contributed by atoms with Crippen molar-refractivity contribution in [1.29, 1.82) is 0 Å². The van der Waals surface area contributed by atoms with Gasteiger partial charge in [0.05, 0.1) is 0 Å². The third kappa shape index (κ3) is 5.86. The van der Waals surface area contributed by atoms with Crippen LogP contribution in [0.5, 0.6) is 0 Å². The molecule has 0 bridgehead atoms. The van der Waals surface area contributed by atoms with Gasteiger partial charge in [-0.15, -0.1) is 0 Å². The summed E-state index contributed by atoms with van der Waals surface area (Å²) in [5.74, 6) is 0. The molecule has 2 amide bonds. The summed E-state index contributed by atoms with van der Waals surface area (Å²) < 4.78 is 5.06. The first-order chi connectivity index (χ1) is 9.27. The molecule has 0 saturated heterocycles. The van der Waals surface area contributed by atoms with Gasteiger partial charge in [0, 0.05) is 6.54 Å². The Morgan fingerprint density at radius 3 is 2.63 bits per heavy atom. The topological polar surface area (TPSA) is 46.6 Å². The summed E-state index contributed by atoms with van der Waals surface area (Å²) in [5, 5.41) is 0. The first-order valence-electron chi connectivity index (χ1n) is 6.35. The number of carbonyl (C=O) groups is 2. The van der Waals surface area contributed by atoms with Crippen LogP contribution in [0.1, 0.15) is 25.3 Å². The average Bonchev–Trinajstić information content (AvgIpc) is 2.46. The van der Waals surface area contributed by atoms with Gasteiger partial charge in [0.15, 0.2) is 0 Å². The fourth-order valence-electron chi connectivity index (χ4n) is 1.44. The first kappa shape index (κ1) is 15.0. The molecule has 0 heterocycles. The lowest BCUT2D eigenvalue weighted by Gasteiger charge is -2.13. The molecule has 0 fully saturated rings. The molecule has 1 aromatic carbocycles. The average molecular weight is 261 g/mol. The molecule has 0 aliphatic heterocycles. The van der Waals surface area contributed by atoms with Gasteiger partial charge >= 0.3 is 6.09 Å². The number of hydrogen-bond acceptors (Lipinski definition) is 3. The molecule has 0 aromatic heterocycles. The number of carbonyl (C=O) groups excluding carboxylic acids is 2. The summed E-state index contributed by atoms with van der Waals surface area (Å²) in [6.45, 7) is 2.48. The van der Waals surface area contributed by atoms with Crippen LogP contribution in [0.4, 0.5) is 4.79 Å². The minimum Gasteiger partial charge on any atom is -0.444 e. The second-order valence-corrected chi connectivity index (χ2v) is 4.06. The Morgan fingerprint density at radius 1 is 1.26 bits per heavy atom. The lowest BCUT2D eigenvalue weighted by molar-refractivity contribution is -0.116.